The first-order valence-corrected chi connectivity index (χ1v) is 4.78. The normalized spacial score (nSPS) is 14.1. The number of hydrogen-bond donors (Lipinski definition) is 2. The minimum Gasteiger partial charge on any atom is -0.386 e. The molecule has 0 bridgehead atoms. The lowest BCUT2D eigenvalue weighted by Crippen LogP contribution is -2.31. The van der Waals surface area contributed by atoms with Gasteiger partial charge in [0.25, 0.3) is 0 Å². The molecule has 1 unspecified atom stereocenters. The van der Waals surface area contributed by atoms with E-state index in [0.29, 0.717) is 12.2 Å². The number of aryl methyl sites for hydroxylation is 1. The van der Waals surface area contributed by atoms with E-state index in [2.05, 4.69) is 4.98 Å². The number of nitrogens with zero attached hydrogens (tertiary/aromatic N) is 1. The van der Waals surface area contributed by atoms with Gasteiger partial charge in [-0.2, -0.15) is 0 Å². The smallest absolute Gasteiger partial charge is 0.102 e. The Morgan fingerprint density at radius 2 is 2.14 bits per heavy atom. The largest absolute Gasteiger partial charge is 0.386 e. The lowest BCUT2D eigenvalue weighted by molar-refractivity contribution is 0.0519. The van der Waals surface area contributed by atoms with Crippen LogP contribution in [0.2, 0.25) is 0 Å². The van der Waals surface area contributed by atoms with Gasteiger partial charge in [-0.25, -0.2) is 0 Å². The third kappa shape index (κ3) is 2.30. The van der Waals surface area contributed by atoms with E-state index in [0.717, 1.165) is 5.56 Å². The summed E-state index contributed by atoms with van der Waals surface area (Å²) in [6, 6.07) is 3.79. The summed E-state index contributed by atoms with van der Waals surface area (Å²) in [6.45, 7) is 6.26. The van der Waals surface area contributed by atoms with Gasteiger partial charge in [0.05, 0.1) is 5.69 Å². The van der Waals surface area contributed by atoms with Crippen molar-refractivity contribution >= 4 is 0 Å². The van der Waals surface area contributed by atoms with Crippen LogP contribution < -0.4 is 5.73 Å². The number of nitrogens with two attached hydrogens (primary N) is 1. The second kappa shape index (κ2) is 4.07. The van der Waals surface area contributed by atoms with Gasteiger partial charge in [0.2, 0.25) is 0 Å². The van der Waals surface area contributed by atoms with Gasteiger partial charge < -0.3 is 10.8 Å². The second-order valence-electron chi connectivity index (χ2n) is 4.36. The van der Waals surface area contributed by atoms with Crippen molar-refractivity contribution in [1.29, 1.82) is 0 Å². The van der Waals surface area contributed by atoms with Gasteiger partial charge in [-0.1, -0.05) is 19.9 Å². The standard InChI is InChI=1S/C11H18N2O/c1-8-4-5-9(13-6-8)10(14)11(2,3)7-12/h4-6,10,14H,7,12H2,1-3H3. The van der Waals surface area contributed by atoms with Crippen LogP contribution >= 0.6 is 0 Å². The zero-order valence-corrected chi connectivity index (χ0v) is 8.99. The molecule has 0 aliphatic rings. The molecule has 1 rings (SSSR count). The van der Waals surface area contributed by atoms with Gasteiger partial charge >= 0.3 is 0 Å². The molecule has 3 nitrogen and oxygen atoms in total. The fourth-order valence-corrected chi connectivity index (χ4v) is 1.15. The average molecular weight is 194 g/mol. The Bertz CT molecular complexity index is 293. The zero-order valence-electron chi connectivity index (χ0n) is 8.99. The molecule has 0 spiro atoms. The third-order valence-corrected chi connectivity index (χ3v) is 2.48. The van der Waals surface area contributed by atoms with Crippen molar-refractivity contribution in [3.8, 4) is 0 Å². The van der Waals surface area contributed by atoms with Crippen molar-refractivity contribution < 1.29 is 5.11 Å². The van der Waals surface area contributed by atoms with Gasteiger partial charge in [-0.05, 0) is 18.6 Å². The second-order valence-corrected chi connectivity index (χ2v) is 4.36. The summed E-state index contributed by atoms with van der Waals surface area (Å²) in [5, 5.41) is 10.00. The Kier molecular flexibility index (Phi) is 3.24. The van der Waals surface area contributed by atoms with Crippen LogP contribution in [-0.4, -0.2) is 16.6 Å². The molecule has 3 heteroatoms. The third-order valence-electron chi connectivity index (χ3n) is 2.48. The van der Waals surface area contributed by atoms with Crippen LogP contribution in [-0.2, 0) is 0 Å². The topological polar surface area (TPSA) is 59.1 Å². The first-order valence-electron chi connectivity index (χ1n) is 4.78. The molecule has 78 valence electrons. The van der Waals surface area contributed by atoms with Crippen LogP contribution in [0, 0.1) is 12.3 Å². The summed E-state index contributed by atoms with van der Waals surface area (Å²) >= 11 is 0. The molecule has 0 amide bonds. The summed E-state index contributed by atoms with van der Waals surface area (Å²) in [5.74, 6) is 0. The molecule has 0 radical (unpaired) electrons. The summed E-state index contributed by atoms with van der Waals surface area (Å²) in [5.41, 5.74) is 7.03. The van der Waals surface area contributed by atoms with E-state index in [1.54, 1.807) is 6.20 Å². The average Bonchev–Trinajstić information content (AvgIpc) is 2.18. The van der Waals surface area contributed by atoms with E-state index in [-0.39, 0.29) is 5.41 Å². The van der Waals surface area contributed by atoms with E-state index >= 15 is 0 Å². The Hall–Kier alpha value is -0.930. The van der Waals surface area contributed by atoms with Crippen molar-refractivity contribution in [2.45, 2.75) is 26.9 Å². The highest BCUT2D eigenvalue weighted by Crippen LogP contribution is 2.30. The first-order chi connectivity index (χ1) is 6.47. The molecule has 0 fully saturated rings. The van der Waals surface area contributed by atoms with E-state index in [4.69, 9.17) is 5.73 Å². The van der Waals surface area contributed by atoms with Gasteiger partial charge in [-0.15, -0.1) is 0 Å². The quantitative estimate of drug-likeness (QED) is 0.764. The highest BCUT2D eigenvalue weighted by atomic mass is 16.3. The van der Waals surface area contributed by atoms with Gasteiger partial charge in [0, 0.05) is 18.2 Å². The first kappa shape index (κ1) is 11.1. The number of hydrogen-bond acceptors (Lipinski definition) is 3. The van der Waals surface area contributed by atoms with Crippen LogP contribution in [0.5, 0.6) is 0 Å². The Balaban J connectivity index is 2.89. The molecule has 0 aliphatic carbocycles. The maximum atomic E-state index is 10.00. The fourth-order valence-electron chi connectivity index (χ4n) is 1.15. The van der Waals surface area contributed by atoms with Gasteiger partial charge in [0.15, 0.2) is 0 Å². The Morgan fingerprint density at radius 3 is 2.57 bits per heavy atom. The number of aliphatic hydroxyl groups excluding tert-OH is 1. The Morgan fingerprint density at radius 1 is 1.50 bits per heavy atom. The van der Waals surface area contributed by atoms with Crippen molar-refractivity contribution in [1.82, 2.24) is 4.98 Å². The zero-order chi connectivity index (χ0) is 10.8. The molecule has 1 aromatic heterocycles. The monoisotopic (exact) mass is 194 g/mol. The summed E-state index contributed by atoms with van der Waals surface area (Å²) in [7, 11) is 0. The van der Waals surface area contributed by atoms with Crippen molar-refractivity contribution in [2.75, 3.05) is 6.54 Å². The number of pyridine rings is 1. The molecule has 1 aromatic rings. The molecule has 0 aliphatic heterocycles. The highest BCUT2D eigenvalue weighted by molar-refractivity contribution is 5.15. The van der Waals surface area contributed by atoms with Crippen LogP contribution in [0.25, 0.3) is 0 Å². The van der Waals surface area contributed by atoms with E-state index in [9.17, 15) is 5.11 Å². The maximum absolute atomic E-state index is 10.00. The predicted octanol–water partition coefficient (Wildman–Crippen LogP) is 1.41. The van der Waals surface area contributed by atoms with Crippen LogP contribution in [0.1, 0.15) is 31.2 Å². The molecule has 0 saturated carbocycles. The van der Waals surface area contributed by atoms with Crippen LogP contribution in [0.4, 0.5) is 0 Å². The molecule has 14 heavy (non-hydrogen) atoms. The van der Waals surface area contributed by atoms with E-state index in [1.807, 2.05) is 32.9 Å². The molecule has 1 heterocycles. The van der Waals surface area contributed by atoms with E-state index in [1.165, 1.54) is 0 Å². The number of aliphatic hydroxyl groups is 1. The van der Waals surface area contributed by atoms with Gasteiger partial charge in [0.1, 0.15) is 6.10 Å². The van der Waals surface area contributed by atoms with Gasteiger partial charge in [-0.3, -0.25) is 4.98 Å². The maximum Gasteiger partial charge on any atom is 0.102 e. The predicted molar refractivity (Wildman–Crippen MR) is 56.8 cm³/mol. The van der Waals surface area contributed by atoms with Crippen LogP contribution in [0.15, 0.2) is 18.3 Å². The molecule has 3 N–H and O–H groups in total. The van der Waals surface area contributed by atoms with Crippen molar-refractivity contribution in [2.24, 2.45) is 11.1 Å². The minimum atomic E-state index is -0.604. The summed E-state index contributed by atoms with van der Waals surface area (Å²) < 4.78 is 0. The molecule has 0 aromatic carbocycles. The highest BCUT2D eigenvalue weighted by Gasteiger charge is 2.28. The Labute approximate surface area is 85.0 Å². The summed E-state index contributed by atoms with van der Waals surface area (Å²) in [4.78, 5) is 4.19. The molecule has 1 atom stereocenters. The van der Waals surface area contributed by atoms with E-state index < -0.39 is 6.10 Å². The van der Waals surface area contributed by atoms with Crippen molar-refractivity contribution in [3.05, 3.63) is 29.6 Å². The number of aromatic nitrogens is 1. The lowest BCUT2D eigenvalue weighted by Gasteiger charge is -2.28. The fraction of sp³-hybridized carbons (Fsp3) is 0.545. The number of rotatable bonds is 3. The molecular weight excluding hydrogens is 176 g/mol. The lowest BCUT2D eigenvalue weighted by atomic mass is 9.85. The van der Waals surface area contributed by atoms with Crippen molar-refractivity contribution in [3.63, 3.8) is 0 Å². The SMILES string of the molecule is Cc1ccc(C(O)C(C)(C)CN)nc1. The minimum absolute atomic E-state index is 0.331. The summed E-state index contributed by atoms with van der Waals surface area (Å²) in [6.07, 6.45) is 1.15. The molecular formula is C11H18N2O. The molecule has 0 saturated heterocycles. The van der Waals surface area contributed by atoms with Crippen LogP contribution in [0.3, 0.4) is 0 Å².